The largest absolute Gasteiger partial charge is 0.370 e. The van der Waals surface area contributed by atoms with Gasteiger partial charge in [-0.2, -0.15) is 4.79 Å². The van der Waals surface area contributed by atoms with E-state index in [0.29, 0.717) is 5.55 Å². The van der Waals surface area contributed by atoms with E-state index in [4.69, 9.17) is 5.53 Å². The summed E-state index contributed by atoms with van der Waals surface area (Å²) in [5.41, 5.74) is 11.0. The second-order valence-electron chi connectivity index (χ2n) is 5.32. The van der Waals surface area contributed by atoms with Crippen molar-refractivity contribution in [3.8, 4) is 0 Å². The average Bonchev–Trinajstić information content (AvgIpc) is 2.28. The molecular weight excluding hydrogens is 260 g/mol. The molecule has 102 valence electrons. The molecule has 0 aliphatic rings. The van der Waals surface area contributed by atoms with Crippen LogP contribution in [0.2, 0.25) is 0 Å². The van der Waals surface area contributed by atoms with Crippen molar-refractivity contribution in [3.05, 3.63) is 47.0 Å². The number of hydrogen-bond acceptors (Lipinski definition) is 2. The molecule has 0 radical (unpaired) electrons. The first-order valence-corrected chi connectivity index (χ1v) is 7.63. The summed E-state index contributed by atoms with van der Waals surface area (Å²) in [6, 6.07) is 7.96. The van der Waals surface area contributed by atoms with Gasteiger partial charge in [-0.1, -0.05) is 57.2 Å². The molecule has 0 spiro atoms. The molecular formula is C14H18N2O2S. The maximum Gasteiger partial charge on any atom is 0.370 e. The van der Waals surface area contributed by atoms with Crippen LogP contribution in [-0.2, 0) is 15.3 Å². The highest BCUT2D eigenvalue weighted by Crippen LogP contribution is 2.22. The molecule has 1 aromatic rings. The van der Waals surface area contributed by atoms with E-state index >= 15 is 0 Å². The van der Waals surface area contributed by atoms with Crippen LogP contribution in [0.3, 0.4) is 0 Å². The van der Waals surface area contributed by atoms with E-state index < -0.39 is 9.84 Å². The van der Waals surface area contributed by atoms with Gasteiger partial charge in [-0.15, -0.1) is 0 Å². The van der Waals surface area contributed by atoms with Crippen LogP contribution in [0, 0.1) is 0 Å². The Morgan fingerprint density at radius 1 is 1.21 bits per heavy atom. The number of rotatable bonds is 4. The van der Waals surface area contributed by atoms with Gasteiger partial charge in [-0.3, -0.25) is 0 Å². The van der Waals surface area contributed by atoms with Crippen LogP contribution in [0.5, 0.6) is 0 Å². The van der Waals surface area contributed by atoms with Crippen molar-refractivity contribution >= 4 is 21.5 Å². The maximum atomic E-state index is 11.2. The zero-order chi connectivity index (χ0) is 14.5. The molecule has 0 saturated carbocycles. The van der Waals surface area contributed by atoms with E-state index in [0.717, 1.165) is 5.56 Å². The van der Waals surface area contributed by atoms with E-state index in [2.05, 4.69) is 25.6 Å². The number of hydrogen-bond donors (Lipinski definition) is 0. The molecule has 0 atom stereocenters. The lowest BCUT2D eigenvalue weighted by Crippen LogP contribution is -2.10. The van der Waals surface area contributed by atoms with Gasteiger partial charge in [0.2, 0.25) is 9.84 Å². The number of sulfone groups is 1. The minimum atomic E-state index is -3.46. The Labute approximate surface area is 114 Å². The van der Waals surface area contributed by atoms with Crippen LogP contribution in [-0.4, -0.2) is 24.5 Å². The van der Waals surface area contributed by atoms with Crippen LogP contribution < -0.4 is 0 Å². The standard InChI is InChI=1S/C14H18N2O2S/c1-14(2,3)13-8-6-12(7-9-13)5-4-10-19(17,18)11-16-15/h4-9,11H,10H2,1-3H3. The zero-order valence-corrected chi connectivity index (χ0v) is 12.2. The first-order chi connectivity index (χ1) is 8.74. The summed E-state index contributed by atoms with van der Waals surface area (Å²) in [5.74, 6) is -0.182. The fraction of sp³-hybridized carbons (Fsp3) is 0.357. The molecule has 0 N–H and O–H groups in total. The predicted octanol–water partition coefficient (Wildman–Crippen LogP) is 2.67. The summed E-state index contributed by atoms with van der Waals surface area (Å²) in [6.45, 7) is 6.41. The Morgan fingerprint density at radius 2 is 1.79 bits per heavy atom. The molecule has 0 saturated heterocycles. The minimum absolute atomic E-state index is 0.100. The van der Waals surface area contributed by atoms with Gasteiger partial charge in [0.15, 0.2) is 0 Å². The Morgan fingerprint density at radius 3 is 2.26 bits per heavy atom. The number of nitrogens with zero attached hydrogens (tertiary/aromatic N) is 2. The van der Waals surface area contributed by atoms with Gasteiger partial charge in [-0.25, -0.2) is 8.42 Å². The molecule has 0 heterocycles. The highest BCUT2D eigenvalue weighted by atomic mass is 32.2. The van der Waals surface area contributed by atoms with Gasteiger partial charge in [0.25, 0.3) is 0 Å². The van der Waals surface area contributed by atoms with Crippen LogP contribution in [0.4, 0.5) is 0 Å². The Balaban J connectivity index is 2.77. The summed E-state index contributed by atoms with van der Waals surface area (Å²) in [4.78, 5) is 2.52. The normalized spacial score (nSPS) is 12.4. The molecule has 1 rings (SSSR count). The lowest BCUT2D eigenvalue weighted by atomic mass is 9.87. The van der Waals surface area contributed by atoms with E-state index in [1.165, 1.54) is 11.6 Å². The lowest BCUT2D eigenvalue weighted by molar-refractivity contribution is 0.00756. The van der Waals surface area contributed by atoms with Gasteiger partial charge < -0.3 is 5.53 Å². The molecule has 0 aliphatic carbocycles. The zero-order valence-electron chi connectivity index (χ0n) is 11.4. The van der Waals surface area contributed by atoms with Crippen molar-refractivity contribution in [2.24, 2.45) is 0 Å². The van der Waals surface area contributed by atoms with E-state index in [9.17, 15) is 8.42 Å². The summed E-state index contributed by atoms with van der Waals surface area (Å²) in [6.07, 6.45) is 3.26. The van der Waals surface area contributed by atoms with Crippen molar-refractivity contribution in [1.82, 2.24) is 0 Å². The maximum absolute atomic E-state index is 11.2. The summed E-state index contributed by atoms with van der Waals surface area (Å²) >= 11 is 0. The summed E-state index contributed by atoms with van der Waals surface area (Å²) in [7, 11) is -3.46. The van der Waals surface area contributed by atoms with Gasteiger partial charge >= 0.3 is 5.55 Å². The third kappa shape index (κ3) is 5.20. The third-order valence-electron chi connectivity index (χ3n) is 2.62. The molecule has 5 heteroatoms. The Hall–Kier alpha value is -1.71. The smallest absolute Gasteiger partial charge is 0.361 e. The average molecular weight is 278 g/mol. The van der Waals surface area contributed by atoms with Crippen molar-refractivity contribution in [2.45, 2.75) is 26.2 Å². The molecule has 0 fully saturated rings. The second-order valence-corrected chi connectivity index (χ2v) is 7.19. The summed E-state index contributed by atoms with van der Waals surface area (Å²) in [5, 5.41) is 0. The fourth-order valence-corrected chi connectivity index (χ4v) is 2.12. The van der Waals surface area contributed by atoms with Gasteiger partial charge in [0.05, 0.1) is 5.75 Å². The molecule has 0 aliphatic heterocycles. The molecule has 4 nitrogen and oxygen atoms in total. The van der Waals surface area contributed by atoms with Gasteiger partial charge in [0, 0.05) is 0 Å². The molecule has 1 aromatic carbocycles. The van der Waals surface area contributed by atoms with Crippen LogP contribution in [0.15, 0.2) is 30.3 Å². The van der Waals surface area contributed by atoms with E-state index in [1.807, 2.05) is 24.3 Å². The molecule has 0 aromatic heterocycles. The van der Waals surface area contributed by atoms with Gasteiger partial charge in [-0.05, 0) is 16.5 Å². The predicted molar refractivity (Wildman–Crippen MR) is 77.6 cm³/mol. The molecule has 0 bridgehead atoms. The summed E-state index contributed by atoms with van der Waals surface area (Å²) < 4.78 is 22.5. The lowest BCUT2D eigenvalue weighted by Gasteiger charge is -2.18. The van der Waals surface area contributed by atoms with Crippen LogP contribution >= 0.6 is 0 Å². The van der Waals surface area contributed by atoms with E-state index in [1.54, 1.807) is 6.08 Å². The van der Waals surface area contributed by atoms with Gasteiger partial charge in [0.1, 0.15) is 0 Å². The fourth-order valence-electron chi connectivity index (χ4n) is 1.53. The number of benzene rings is 1. The van der Waals surface area contributed by atoms with E-state index in [-0.39, 0.29) is 11.2 Å². The Bertz CT molecular complexity index is 602. The molecule has 19 heavy (non-hydrogen) atoms. The molecule has 0 unspecified atom stereocenters. The topological polar surface area (TPSA) is 70.5 Å². The van der Waals surface area contributed by atoms with Crippen molar-refractivity contribution in [2.75, 3.05) is 5.75 Å². The van der Waals surface area contributed by atoms with Crippen molar-refractivity contribution in [3.63, 3.8) is 0 Å². The molecule has 0 amide bonds. The van der Waals surface area contributed by atoms with Crippen LogP contribution in [0.1, 0.15) is 31.9 Å². The van der Waals surface area contributed by atoms with Crippen LogP contribution in [0.25, 0.3) is 11.6 Å². The second kappa shape index (κ2) is 5.95. The monoisotopic (exact) mass is 278 g/mol. The minimum Gasteiger partial charge on any atom is -0.361 e. The highest BCUT2D eigenvalue weighted by molar-refractivity contribution is 8.04. The van der Waals surface area contributed by atoms with Crippen molar-refractivity contribution in [1.29, 1.82) is 0 Å². The van der Waals surface area contributed by atoms with Crippen molar-refractivity contribution < 1.29 is 13.2 Å². The SMILES string of the molecule is CC(C)(C)c1ccc(C=CCS(=O)(=O)C=[N+]=[N-])cc1. The quantitative estimate of drug-likeness (QED) is 0.367. The first kappa shape index (κ1) is 15.3. The first-order valence-electron chi connectivity index (χ1n) is 5.92. The Kier molecular flexibility index (Phi) is 4.81. The third-order valence-corrected chi connectivity index (χ3v) is 3.70. The highest BCUT2D eigenvalue weighted by Gasteiger charge is 2.12.